The summed E-state index contributed by atoms with van der Waals surface area (Å²) in [6.07, 6.45) is 6.26. The number of rotatable bonds is 6. The smallest absolute Gasteiger partial charge is 0.271 e. The first-order valence-corrected chi connectivity index (χ1v) is 12.4. The first kappa shape index (κ1) is 23.8. The minimum Gasteiger partial charge on any atom is -0.393 e. The summed E-state index contributed by atoms with van der Waals surface area (Å²) < 4.78 is 11.7. The van der Waals surface area contributed by atoms with Crippen molar-refractivity contribution < 1.29 is 19.4 Å². The number of aliphatic hydroxyl groups is 1. The van der Waals surface area contributed by atoms with Crippen LogP contribution in [0.2, 0.25) is 0 Å². The summed E-state index contributed by atoms with van der Waals surface area (Å²) >= 11 is 0. The fourth-order valence-corrected chi connectivity index (χ4v) is 5.25. The fraction of sp³-hybridized carbons (Fsp3) is 0.560. The number of aliphatic hydroxyl groups excluding tert-OH is 1. The van der Waals surface area contributed by atoms with Gasteiger partial charge in [0.05, 0.1) is 25.5 Å². The van der Waals surface area contributed by atoms with Crippen molar-refractivity contribution in [2.24, 2.45) is 5.73 Å². The van der Waals surface area contributed by atoms with E-state index in [0.29, 0.717) is 24.8 Å². The molecule has 3 heterocycles. The average molecular weight is 483 g/mol. The molecule has 1 aliphatic carbocycles. The number of aromatic nitrogens is 2. The van der Waals surface area contributed by atoms with Gasteiger partial charge in [0.2, 0.25) is 0 Å². The molecule has 0 bridgehead atoms. The van der Waals surface area contributed by atoms with E-state index < -0.39 is 11.7 Å². The van der Waals surface area contributed by atoms with Crippen LogP contribution < -0.4 is 21.3 Å². The Morgan fingerprint density at radius 1 is 1.17 bits per heavy atom. The van der Waals surface area contributed by atoms with E-state index in [2.05, 4.69) is 38.5 Å². The molecule has 10 heteroatoms. The number of aryl methyl sites for hydroxylation is 1. The molecule has 10 nitrogen and oxygen atoms in total. The number of nitrogens with one attached hydrogen (secondary N) is 2. The topological polar surface area (TPSA) is 135 Å². The normalized spacial score (nSPS) is 23.9. The Balaban J connectivity index is 1.29. The Hall–Kier alpha value is -2.95. The first-order valence-electron chi connectivity index (χ1n) is 12.4. The van der Waals surface area contributed by atoms with E-state index in [-0.39, 0.29) is 17.8 Å². The number of primary amides is 1. The van der Waals surface area contributed by atoms with Crippen molar-refractivity contribution in [1.82, 2.24) is 9.97 Å². The van der Waals surface area contributed by atoms with E-state index in [1.165, 1.54) is 11.9 Å². The molecule has 188 valence electrons. The molecule has 1 saturated carbocycles. The van der Waals surface area contributed by atoms with Crippen LogP contribution in [0.1, 0.15) is 54.6 Å². The van der Waals surface area contributed by atoms with Crippen molar-refractivity contribution >= 4 is 28.9 Å². The van der Waals surface area contributed by atoms with Gasteiger partial charge < -0.3 is 35.8 Å². The Labute approximate surface area is 205 Å². The maximum atomic E-state index is 12.0. The maximum Gasteiger partial charge on any atom is 0.271 e. The number of amides is 1. The van der Waals surface area contributed by atoms with Gasteiger partial charge in [-0.05, 0) is 56.4 Å². The highest BCUT2D eigenvalue weighted by atomic mass is 16.7. The van der Waals surface area contributed by atoms with Gasteiger partial charge in [0.25, 0.3) is 5.91 Å². The number of piperidine rings is 1. The van der Waals surface area contributed by atoms with Gasteiger partial charge in [-0.2, -0.15) is 0 Å². The quantitative estimate of drug-likeness (QED) is 0.490. The molecule has 5 rings (SSSR count). The van der Waals surface area contributed by atoms with Crippen LogP contribution in [0.3, 0.4) is 0 Å². The first-order chi connectivity index (χ1) is 16.9. The molecule has 2 saturated heterocycles. The van der Waals surface area contributed by atoms with Gasteiger partial charge in [-0.15, -0.1) is 0 Å². The number of carbonyl (C=O) groups excluding carboxylic acids is 1. The van der Waals surface area contributed by atoms with Gasteiger partial charge in [-0.3, -0.25) is 4.79 Å². The predicted molar refractivity (Wildman–Crippen MR) is 133 cm³/mol. The van der Waals surface area contributed by atoms with Crippen LogP contribution in [0.5, 0.6) is 0 Å². The van der Waals surface area contributed by atoms with E-state index in [1.54, 1.807) is 0 Å². The van der Waals surface area contributed by atoms with Crippen LogP contribution in [-0.4, -0.2) is 65.2 Å². The number of nitrogens with two attached hydrogens (primary N) is 1. The second kappa shape index (κ2) is 9.96. The molecule has 0 radical (unpaired) electrons. The van der Waals surface area contributed by atoms with E-state index >= 15 is 0 Å². The minimum atomic E-state index is -0.640. The lowest BCUT2D eigenvalue weighted by atomic mass is 9.93. The Morgan fingerprint density at radius 3 is 2.54 bits per heavy atom. The number of carbonyl (C=O) groups is 1. The van der Waals surface area contributed by atoms with E-state index in [9.17, 15) is 9.90 Å². The lowest BCUT2D eigenvalue weighted by molar-refractivity contribution is -0.169. The number of nitrogens with zero attached hydrogens (tertiary/aromatic N) is 3. The molecule has 3 fully saturated rings. The molecule has 0 unspecified atom stereocenters. The highest BCUT2D eigenvalue weighted by molar-refractivity contribution is 5.96. The number of benzene rings is 1. The predicted octanol–water partition coefficient (Wildman–Crippen LogP) is 2.69. The number of anilines is 4. The molecule has 3 aliphatic rings. The van der Waals surface area contributed by atoms with Crippen LogP contribution in [0.25, 0.3) is 0 Å². The van der Waals surface area contributed by atoms with Crippen molar-refractivity contribution in [3.05, 3.63) is 35.7 Å². The molecule has 0 atom stereocenters. The zero-order chi connectivity index (χ0) is 24.4. The second-order valence-electron chi connectivity index (χ2n) is 9.69. The Morgan fingerprint density at radius 2 is 1.89 bits per heavy atom. The van der Waals surface area contributed by atoms with Crippen molar-refractivity contribution in [3.63, 3.8) is 0 Å². The number of hydrogen-bond acceptors (Lipinski definition) is 9. The number of hydrogen-bond donors (Lipinski definition) is 4. The standard InChI is InChI=1S/C25H34N6O4/c1-16-14-18(4-7-20(16)31-10-8-25(9-11-31)34-12-13-35-25)29-24-22(23(26)33)27-15-21(30-24)28-17-2-5-19(32)6-3-17/h4,7,14-15,17,19,32H,2-3,5-6,8-13H2,1H3,(H2,26,33)(H2,28,29,30)/t17-,19-. The highest BCUT2D eigenvalue weighted by Gasteiger charge is 2.40. The Kier molecular flexibility index (Phi) is 6.77. The number of ether oxygens (including phenoxy) is 2. The van der Waals surface area contributed by atoms with Crippen molar-refractivity contribution in [1.29, 1.82) is 0 Å². The zero-order valence-electron chi connectivity index (χ0n) is 20.1. The van der Waals surface area contributed by atoms with Crippen molar-refractivity contribution in [2.75, 3.05) is 41.8 Å². The lowest BCUT2D eigenvalue weighted by Gasteiger charge is -2.39. The monoisotopic (exact) mass is 482 g/mol. The van der Waals surface area contributed by atoms with Gasteiger partial charge in [-0.25, -0.2) is 9.97 Å². The van der Waals surface area contributed by atoms with E-state index in [4.69, 9.17) is 15.2 Å². The van der Waals surface area contributed by atoms with Gasteiger partial charge >= 0.3 is 0 Å². The summed E-state index contributed by atoms with van der Waals surface area (Å²) in [5.74, 6) is -0.141. The fourth-order valence-electron chi connectivity index (χ4n) is 5.25. The van der Waals surface area contributed by atoms with Crippen LogP contribution in [0, 0.1) is 6.92 Å². The highest BCUT2D eigenvalue weighted by Crippen LogP contribution is 2.35. The summed E-state index contributed by atoms with van der Waals surface area (Å²) in [6.45, 7) is 5.17. The zero-order valence-corrected chi connectivity index (χ0v) is 20.1. The summed E-state index contributed by atoms with van der Waals surface area (Å²) in [6, 6.07) is 6.31. The third-order valence-corrected chi connectivity index (χ3v) is 7.19. The molecule has 35 heavy (non-hydrogen) atoms. The molecule has 5 N–H and O–H groups in total. The molecule has 1 spiro atoms. The Bertz CT molecular complexity index is 1060. The molecule has 1 aromatic carbocycles. The van der Waals surface area contributed by atoms with Crippen LogP contribution in [-0.2, 0) is 9.47 Å². The van der Waals surface area contributed by atoms with Gasteiger partial charge in [0, 0.05) is 43.3 Å². The third kappa shape index (κ3) is 5.34. The van der Waals surface area contributed by atoms with E-state index in [0.717, 1.165) is 62.9 Å². The molecule has 1 amide bonds. The summed E-state index contributed by atoms with van der Waals surface area (Å²) in [5.41, 5.74) is 8.74. The molecule has 2 aromatic rings. The second-order valence-corrected chi connectivity index (χ2v) is 9.69. The van der Waals surface area contributed by atoms with Gasteiger partial charge in [-0.1, -0.05) is 0 Å². The molecule has 1 aromatic heterocycles. The van der Waals surface area contributed by atoms with Crippen molar-refractivity contribution in [2.45, 2.75) is 63.4 Å². The minimum absolute atomic E-state index is 0.0919. The summed E-state index contributed by atoms with van der Waals surface area (Å²) in [5, 5.41) is 16.4. The van der Waals surface area contributed by atoms with E-state index in [1.807, 2.05) is 12.1 Å². The molecule has 2 aliphatic heterocycles. The lowest BCUT2D eigenvalue weighted by Crippen LogP contribution is -2.45. The van der Waals surface area contributed by atoms with Crippen LogP contribution in [0.4, 0.5) is 23.0 Å². The summed E-state index contributed by atoms with van der Waals surface area (Å²) in [7, 11) is 0. The van der Waals surface area contributed by atoms with Crippen LogP contribution in [0.15, 0.2) is 24.4 Å². The maximum absolute atomic E-state index is 12.0. The third-order valence-electron chi connectivity index (χ3n) is 7.19. The largest absolute Gasteiger partial charge is 0.393 e. The summed E-state index contributed by atoms with van der Waals surface area (Å²) in [4.78, 5) is 23.2. The SMILES string of the molecule is Cc1cc(Nc2nc(N[C@H]3CC[C@H](O)CC3)cnc2C(N)=O)ccc1N1CCC2(CC1)OCCO2. The van der Waals surface area contributed by atoms with Crippen LogP contribution >= 0.6 is 0 Å². The molecular weight excluding hydrogens is 448 g/mol. The van der Waals surface area contributed by atoms with Crippen molar-refractivity contribution in [3.8, 4) is 0 Å². The van der Waals surface area contributed by atoms with Gasteiger partial charge in [0.15, 0.2) is 17.3 Å². The average Bonchev–Trinajstić information content (AvgIpc) is 3.29. The van der Waals surface area contributed by atoms with Gasteiger partial charge in [0.1, 0.15) is 5.82 Å². The molecular formula is C25H34N6O4.